The summed E-state index contributed by atoms with van der Waals surface area (Å²) in [4.78, 5) is 29.5. The standard InChI is InChI=1S/C29H33BClNO5S/c1-3-17(12-19-8-9-20(33)14-24(19)31)7-10-25-26-18(4-2)13-22-27(23(26)15-30(36)37-25)29(35)32(28(22)34)16-21-6-5-11-38-21/h5-6,8-9,11-12,14,22-23,25,27,33,36H,3-4,7,10,13,15-16H2,1-2H3/b17-12+/t22-,23+,25-,27-/m1/s1. The Hall–Kier alpha value is -2.39. The van der Waals surface area contributed by atoms with Gasteiger partial charge in [-0.3, -0.25) is 14.5 Å². The monoisotopic (exact) mass is 553 g/mol. The highest BCUT2D eigenvalue weighted by Crippen LogP contribution is 2.51. The third-order valence-corrected chi connectivity index (χ3v) is 9.43. The number of benzene rings is 1. The van der Waals surface area contributed by atoms with Crippen LogP contribution in [0, 0.1) is 17.8 Å². The van der Waals surface area contributed by atoms with Crippen molar-refractivity contribution in [3.05, 3.63) is 67.9 Å². The maximum Gasteiger partial charge on any atom is 0.455 e. The minimum absolute atomic E-state index is 0.0853. The van der Waals surface area contributed by atoms with Gasteiger partial charge in [0.25, 0.3) is 0 Å². The largest absolute Gasteiger partial charge is 0.508 e. The Kier molecular flexibility index (Phi) is 8.15. The third kappa shape index (κ3) is 5.24. The van der Waals surface area contributed by atoms with Crippen molar-refractivity contribution in [3.63, 3.8) is 0 Å². The number of carbonyl (C=O) groups excluding carboxylic acids is 2. The molecule has 1 aromatic heterocycles. The van der Waals surface area contributed by atoms with Crippen LogP contribution in [0.5, 0.6) is 5.75 Å². The maximum absolute atomic E-state index is 13.6. The molecule has 4 atom stereocenters. The predicted molar refractivity (Wildman–Crippen MR) is 151 cm³/mol. The summed E-state index contributed by atoms with van der Waals surface area (Å²) in [5, 5.41) is 22.8. The van der Waals surface area contributed by atoms with E-state index in [0.717, 1.165) is 35.3 Å². The zero-order valence-corrected chi connectivity index (χ0v) is 23.3. The van der Waals surface area contributed by atoms with Crippen molar-refractivity contribution in [1.29, 1.82) is 0 Å². The van der Waals surface area contributed by atoms with Gasteiger partial charge in [0.05, 0.1) is 29.5 Å². The Labute approximate surface area is 233 Å². The van der Waals surface area contributed by atoms with Gasteiger partial charge in [-0.15, -0.1) is 11.3 Å². The number of carbonyl (C=O) groups is 2. The minimum Gasteiger partial charge on any atom is -0.508 e. The number of aromatic hydroxyl groups is 1. The highest BCUT2D eigenvalue weighted by molar-refractivity contribution is 7.09. The quantitative estimate of drug-likeness (QED) is 0.235. The number of thiophene rings is 1. The van der Waals surface area contributed by atoms with Gasteiger partial charge in [-0.1, -0.05) is 48.7 Å². The second-order valence-corrected chi connectivity index (χ2v) is 11.9. The van der Waals surface area contributed by atoms with E-state index in [1.807, 2.05) is 23.6 Å². The van der Waals surface area contributed by atoms with Gasteiger partial charge in [-0.25, -0.2) is 0 Å². The van der Waals surface area contributed by atoms with Crippen LogP contribution in [-0.2, 0) is 20.8 Å². The van der Waals surface area contributed by atoms with Crippen molar-refractivity contribution in [3.8, 4) is 5.75 Å². The van der Waals surface area contributed by atoms with E-state index in [4.69, 9.17) is 16.3 Å². The summed E-state index contributed by atoms with van der Waals surface area (Å²) in [5.41, 5.74) is 4.34. The topological polar surface area (TPSA) is 87.1 Å². The van der Waals surface area contributed by atoms with Crippen molar-refractivity contribution in [2.75, 3.05) is 0 Å². The molecule has 0 unspecified atom stereocenters. The Morgan fingerprint density at radius 2 is 2.05 bits per heavy atom. The van der Waals surface area contributed by atoms with Gasteiger partial charge in [-0.2, -0.15) is 0 Å². The number of nitrogens with zero attached hydrogens (tertiary/aromatic N) is 1. The third-order valence-electron chi connectivity index (χ3n) is 8.25. The first-order chi connectivity index (χ1) is 18.3. The second-order valence-electron chi connectivity index (χ2n) is 10.4. The van der Waals surface area contributed by atoms with Gasteiger partial charge in [0, 0.05) is 4.88 Å². The fraction of sp³-hybridized carbons (Fsp3) is 0.448. The zero-order valence-electron chi connectivity index (χ0n) is 21.7. The fourth-order valence-electron chi connectivity index (χ4n) is 6.40. The summed E-state index contributed by atoms with van der Waals surface area (Å²) in [6.45, 7) is 4.50. The summed E-state index contributed by atoms with van der Waals surface area (Å²) in [5.74, 6) is -1.06. The first-order valence-electron chi connectivity index (χ1n) is 13.4. The number of imide groups is 1. The number of hydrogen-bond acceptors (Lipinski definition) is 6. The molecule has 2 amide bonds. The van der Waals surface area contributed by atoms with Crippen molar-refractivity contribution in [2.24, 2.45) is 17.8 Å². The first-order valence-corrected chi connectivity index (χ1v) is 14.7. The average molecular weight is 554 g/mol. The highest BCUT2D eigenvalue weighted by Gasteiger charge is 2.57. The van der Waals surface area contributed by atoms with Crippen LogP contribution >= 0.6 is 22.9 Å². The molecule has 1 aliphatic carbocycles. The van der Waals surface area contributed by atoms with Gasteiger partial charge in [0.2, 0.25) is 11.8 Å². The molecule has 3 aliphatic rings. The molecule has 2 saturated heterocycles. The van der Waals surface area contributed by atoms with Crippen LogP contribution in [0.4, 0.5) is 0 Å². The number of amides is 2. The molecule has 0 bridgehead atoms. The van der Waals surface area contributed by atoms with Crippen molar-refractivity contribution in [2.45, 2.75) is 64.9 Å². The molecular formula is C29H33BClNO5S. The van der Waals surface area contributed by atoms with Gasteiger partial charge in [-0.05, 0) is 85.1 Å². The summed E-state index contributed by atoms with van der Waals surface area (Å²) >= 11 is 7.87. The predicted octanol–water partition coefficient (Wildman–Crippen LogP) is 6.09. The number of fused-ring (bicyclic) bond motifs is 3. The van der Waals surface area contributed by atoms with E-state index in [1.165, 1.54) is 22.1 Å². The summed E-state index contributed by atoms with van der Waals surface area (Å²) in [7, 11) is -0.972. The van der Waals surface area contributed by atoms with Gasteiger partial charge in [0.1, 0.15) is 5.75 Å². The maximum atomic E-state index is 13.6. The molecule has 3 heterocycles. The summed E-state index contributed by atoms with van der Waals surface area (Å²) in [6.07, 6.45) is 5.67. The number of halogens is 1. The lowest BCUT2D eigenvalue weighted by molar-refractivity contribution is -0.140. The van der Waals surface area contributed by atoms with Crippen molar-refractivity contribution in [1.82, 2.24) is 4.90 Å². The normalized spacial score (nSPS) is 25.7. The van der Waals surface area contributed by atoms with E-state index in [0.29, 0.717) is 30.7 Å². The SMILES string of the molecule is CCC1=C2[C@@H](CC/C(=C/c3ccc(O)cc3Cl)CC)OB(O)C[C@@H]2[C@@H]2C(=O)N(Cc3cccs3)C(=O)[C@@H]2C1. The van der Waals surface area contributed by atoms with Crippen LogP contribution in [0.15, 0.2) is 52.4 Å². The van der Waals surface area contributed by atoms with Crippen LogP contribution in [-0.4, -0.2) is 40.1 Å². The lowest BCUT2D eigenvalue weighted by Gasteiger charge is -2.43. The van der Waals surface area contributed by atoms with E-state index >= 15 is 0 Å². The molecule has 2 aliphatic heterocycles. The smallest absolute Gasteiger partial charge is 0.455 e. The molecule has 0 radical (unpaired) electrons. The fourth-order valence-corrected chi connectivity index (χ4v) is 7.32. The number of rotatable bonds is 8. The van der Waals surface area contributed by atoms with E-state index in [1.54, 1.807) is 23.5 Å². The lowest BCUT2D eigenvalue weighted by atomic mass is 9.58. The molecule has 2 aromatic rings. The van der Waals surface area contributed by atoms with Gasteiger partial charge >= 0.3 is 7.12 Å². The number of phenols is 1. The number of allylic oxidation sites excluding steroid dienone is 2. The number of likely N-dealkylation sites (tertiary alicyclic amines) is 1. The molecule has 2 fully saturated rings. The molecule has 0 spiro atoms. The van der Waals surface area contributed by atoms with Crippen molar-refractivity contribution < 1.29 is 24.4 Å². The highest BCUT2D eigenvalue weighted by atomic mass is 35.5. The Bertz CT molecular complexity index is 1280. The second kappa shape index (κ2) is 11.4. The summed E-state index contributed by atoms with van der Waals surface area (Å²) < 4.78 is 6.10. The molecular weight excluding hydrogens is 521 g/mol. The number of hydrogen-bond donors (Lipinski definition) is 2. The molecule has 9 heteroatoms. The van der Waals surface area contributed by atoms with Crippen LogP contribution in [0.3, 0.4) is 0 Å². The first kappa shape index (κ1) is 27.2. The molecule has 1 aromatic carbocycles. The van der Waals surface area contributed by atoms with Crippen molar-refractivity contribution >= 4 is 47.9 Å². The molecule has 2 N–H and O–H groups in total. The van der Waals surface area contributed by atoms with Crippen LogP contribution in [0.1, 0.15) is 56.4 Å². The Morgan fingerprint density at radius 3 is 2.74 bits per heavy atom. The molecule has 38 heavy (non-hydrogen) atoms. The molecule has 5 rings (SSSR count). The Morgan fingerprint density at radius 1 is 1.24 bits per heavy atom. The molecule has 0 saturated carbocycles. The van der Waals surface area contributed by atoms with E-state index in [9.17, 15) is 19.7 Å². The average Bonchev–Trinajstić information content (AvgIpc) is 3.49. The van der Waals surface area contributed by atoms with Crippen LogP contribution in [0.25, 0.3) is 6.08 Å². The van der Waals surface area contributed by atoms with Crippen LogP contribution < -0.4 is 0 Å². The Balaban J connectivity index is 1.39. The lowest BCUT2D eigenvalue weighted by Crippen LogP contribution is -2.46. The van der Waals surface area contributed by atoms with E-state index < -0.39 is 13.0 Å². The van der Waals surface area contributed by atoms with E-state index in [2.05, 4.69) is 13.8 Å². The van der Waals surface area contributed by atoms with Gasteiger partial charge in [0.15, 0.2) is 0 Å². The molecule has 6 nitrogen and oxygen atoms in total. The molecule has 200 valence electrons. The van der Waals surface area contributed by atoms with Crippen LogP contribution in [0.2, 0.25) is 11.3 Å². The summed E-state index contributed by atoms with van der Waals surface area (Å²) in [6, 6.07) is 8.83. The zero-order chi connectivity index (χ0) is 27.0. The number of phenolic OH excluding ortho intramolecular Hbond substituents is 1. The van der Waals surface area contributed by atoms with Gasteiger partial charge < -0.3 is 14.8 Å². The van der Waals surface area contributed by atoms with E-state index in [-0.39, 0.29) is 35.5 Å². The minimum atomic E-state index is -0.972.